The number of amides is 1. The normalized spacial score (nSPS) is 14.0. The van der Waals surface area contributed by atoms with Crippen LogP contribution in [0.1, 0.15) is 41.6 Å². The van der Waals surface area contributed by atoms with E-state index >= 15 is 0 Å². The molecule has 3 heterocycles. The molecule has 1 fully saturated rings. The molecular weight excluding hydrogens is 495 g/mol. The molecule has 1 saturated heterocycles. The number of carbonyl (C=O) groups excluding carboxylic acids is 1. The Hall–Kier alpha value is -3.16. The van der Waals surface area contributed by atoms with Gasteiger partial charge in [-0.15, -0.1) is 0 Å². The number of fused-ring (bicyclic) bond motifs is 1. The van der Waals surface area contributed by atoms with Crippen molar-refractivity contribution in [1.82, 2.24) is 24.6 Å². The van der Waals surface area contributed by atoms with Gasteiger partial charge in [-0.25, -0.2) is 14.6 Å². The first-order valence-corrected chi connectivity index (χ1v) is 13.0. The fourth-order valence-corrected chi connectivity index (χ4v) is 5.07. The predicted octanol–water partition coefficient (Wildman–Crippen LogP) is 5.74. The van der Waals surface area contributed by atoms with Crippen molar-refractivity contribution in [1.29, 1.82) is 0 Å². The van der Waals surface area contributed by atoms with Crippen LogP contribution in [0, 0.1) is 6.92 Å². The smallest absolute Gasteiger partial charge is 0.255 e. The summed E-state index contributed by atoms with van der Waals surface area (Å²) < 4.78 is 1.91. The predicted molar refractivity (Wildman–Crippen MR) is 145 cm³/mol. The third kappa shape index (κ3) is 4.77. The fraction of sp³-hybridized carbons (Fsp3) is 0.333. The van der Waals surface area contributed by atoms with E-state index in [-0.39, 0.29) is 5.91 Å². The average Bonchev–Trinajstić information content (AvgIpc) is 3.23. The van der Waals surface area contributed by atoms with E-state index in [1.165, 1.54) is 0 Å². The first-order chi connectivity index (χ1) is 17.5. The second-order valence-electron chi connectivity index (χ2n) is 9.00. The zero-order chi connectivity index (χ0) is 25.2. The van der Waals surface area contributed by atoms with Crippen molar-refractivity contribution < 1.29 is 4.79 Å². The van der Waals surface area contributed by atoms with Gasteiger partial charge in [0.25, 0.3) is 5.91 Å². The molecule has 1 aliphatic rings. The average molecular weight is 523 g/mol. The van der Waals surface area contributed by atoms with Gasteiger partial charge in [-0.2, -0.15) is 5.10 Å². The van der Waals surface area contributed by atoms with Crippen LogP contribution >= 0.6 is 23.2 Å². The van der Waals surface area contributed by atoms with Crippen molar-refractivity contribution >= 4 is 46.0 Å². The molecule has 5 rings (SSSR count). The zero-order valence-electron chi connectivity index (χ0n) is 20.4. The molecular formula is C27H28Cl2N6O. The van der Waals surface area contributed by atoms with Crippen LogP contribution in [0.5, 0.6) is 0 Å². The first kappa shape index (κ1) is 24.5. The minimum atomic E-state index is -0.0825. The van der Waals surface area contributed by atoms with Crippen molar-refractivity contribution in [3.63, 3.8) is 0 Å². The summed E-state index contributed by atoms with van der Waals surface area (Å²) in [6.45, 7) is 6.63. The number of piperazine rings is 1. The molecule has 36 heavy (non-hydrogen) atoms. The third-order valence-electron chi connectivity index (χ3n) is 6.51. The number of hydrogen-bond donors (Lipinski definition) is 0. The number of unbranched alkanes of at least 4 members (excludes halogenated alkanes) is 1. The van der Waals surface area contributed by atoms with E-state index in [4.69, 9.17) is 38.3 Å². The summed E-state index contributed by atoms with van der Waals surface area (Å²) in [4.78, 5) is 27.1. The summed E-state index contributed by atoms with van der Waals surface area (Å²) in [5.41, 5.74) is 3.15. The quantitative estimate of drug-likeness (QED) is 0.323. The molecule has 1 aliphatic heterocycles. The monoisotopic (exact) mass is 522 g/mol. The number of nitrogens with zero attached hydrogens (tertiary/aromatic N) is 6. The van der Waals surface area contributed by atoms with Crippen molar-refractivity contribution in [2.45, 2.75) is 33.1 Å². The highest BCUT2D eigenvalue weighted by atomic mass is 35.5. The highest BCUT2D eigenvalue weighted by Gasteiger charge is 2.27. The lowest BCUT2D eigenvalue weighted by atomic mass is 10.1. The number of halogens is 2. The molecule has 1 amide bonds. The first-order valence-electron chi connectivity index (χ1n) is 12.3. The van der Waals surface area contributed by atoms with E-state index in [0.717, 1.165) is 53.3 Å². The molecule has 186 valence electrons. The maximum Gasteiger partial charge on any atom is 0.255 e. The molecule has 4 aromatic rings. The van der Waals surface area contributed by atoms with Crippen LogP contribution in [0.2, 0.25) is 10.0 Å². The van der Waals surface area contributed by atoms with E-state index in [2.05, 4.69) is 11.8 Å². The zero-order valence-corrected chi connectivity index (χ0v) is 21.9. The minimum absolute atomic E-state index is 0.0825. The Morgan fingerprint density at radius 1 is 1.00 bits per heavy atom. The molecule has 0 unspecified atom stereocenters. The minimum Gasteiger partial charge on any atom is -0.352 e. The number of hydrogen-bond acceptors (Lipinski definition) is 5. The van der Waals surface area contributed by atoms with Crippen LogP contribution in [-0.2, 0) is 6.42 Å². The van der Waals surface area contributed by atoms with Gasteiger partial charge in [0.1, 0.15) is 11.6 Å². The number of aromatic nitrogens is 4. The van der Waals surface area contributed by atoms with Gasteiger partial charge in [-0.1, -0.05) is 54.7 Å². The number of anilines is 1. The van der Waals surface area contributed by atoms with E-state index in [9.17, 15) is 4.79 Å². The maximum atomic E-state index is 13.1. The third-order valence-corrected chi connectivity index (χ3v) is 7.06. The Morgan fingerprint density at radius 3 is 2.44 bits per heavy atom. The van der Waals surface area contributed by atoms with Crippen LogP contribution in [0.15, 0.2) is 48.5 Å². The molecule has 0 aliphatic carbocycles. The molecule has 0 bridgehead atoms. The summed E-state index contributed by atoms with van der Waals surface area (Å²) in [6, 6.07) is 15.1. The van der Waals surface area contributed by atoms with E-state index in [1.807, 2.05) is 46.8 Å². The van der Waals surface area contributed by atoms with Gasteiger partial charge in [0.2, 0.25) is 0 Å². The van der Waals surface area contributed by atoms with Gasteiger partial charge in [0.15, 0.2) is 5.65 Å². The molecule has 9 heteroatoms. The van der Waals surface area contributed by atoms with Crippen molar-refractivity contribution in [3.8, 4) is 5.69 Å². The SMILES string of the molecule is CCCCc1nc(N2CCN(C(=O)c3ccc(Cl)cc3Cl)CC2)c2c(C)nn(-c3ccccc3)c2n1. The Labute approximate surface area is 220 Å². The van der Waals surface area contributed by atoms with Gasteiger partial charge in [-0.05, 0) is 43.7 Å². The van der Waals surface area contributed by atoms with Crippen LogP contribution in [0.4, 0.5) is 5.82 Å². The Balaban J connectivity index is 1.46. The summed E-state index contributed by atoms with van der Waals surface area (Å²) in [6.07, 6.45) is 2.90. The van der Waals surface area contributed by atoms with E-state index in [1.54, 1.807) is 18.2 Å². The highest BCUT2D eigenvalue weighted by Crippen LogP contribution is 2.30. The van der Waals surface area contributed by atoms with Gasteiger partial charge < -0.3 is 9.80 Å². The van der Waals surface area contributed by atoms with Crippen LogP contribution < -0.4 is 4.90 Å². The molecule has 0 spiro atoms. The maximum absolute atomic E-state index is 13.1. The second-order valence-corrected chi connectivity index (χ2v) is 9.85. The van der Waals surface area contributed by atoms with Crippen molar-refractivity contribution in [2.75, 3.05) is 31.1 Å². The fourth-order valence-electron chi connectivity index (χ4n) is 4.58. The lowest BCUT2D eigenvalue weighted by molar-refractivity contribution is 0.0747. The lowest BCUT2D eigenvalue weighted by Crippen LogP contribution is -2.49. The number of benzene rings is 2. The standard InChI is InChI=1S/C27H28Cl2N6O/c1-3-4-10-23-30-25(24-18(2)32-35(26(24)31-23)20-8-6-5-7-9-20)33-13-15-34(16-14-33)27(36)21-12-11-19(28)17-22(21)29/h5-9,11-12,17H,3-4,10,13-16H2,1-2H3. The van der Waals surface area contributed by atoms with Gasteiger partial charge >= 0.3 is 0 Å². The number of rotatable bonds is 6. The summed E-state index contributed by atoms with van der Waals surface area (Å²) >= 11 is 12.3. The lowest BCUT2D eigenvalue weighted by Gasteiger charge is -2.36. The molecule has 0 atom stereocenters. The van der Waals surface area contributed by atoms with Crippen molar-refractivity contribution in [3.05, 3.63) is 75.7 Å². The Bertz CT molecular complexity index is 1400. The van der Waals surface area contributed by atoms with Crippen LogP contribution in [0.3, 0.4) is 0 Å². The van der Waals surface area contributed by atoms with Gasteiger partial charge in [0.05, 0.1) is 27.4 Å². The number of para-hydroxylation sites is 1. The van der Waals surface area contributed by atoms with Gasteiger partial charge in [0, 0.05) is 37.6 Å². The van der Waals surface area contributed by atoms with Crippen LogP contribution in [-0.4, -0.2) is 56.7 Å². The summed E-state index contributed by atoms with van der Waals surface area (Å²) in [7, 11) is 0. The summed E-state index contributed by atoms with van der Waals surface area (Å²) in [5.74, 6) is 1.63. The highest BCUT2D eigenvalue weighted by molar-refractivity contribution is 6.36. The second kappa shape index (κ2) is 10.4. The molecule has 7 nitrogen and oxygen atoms in total. The topological polar surface area (TPSA) is 67.2 Å². The molecule has 0 N–H and O–H groups in total. The van der Waals surface area contributed by atoms with Crippen LogP contribution in [0.25, 0.3) is 16.7 Å². The largest absolute Gasteiger partial charge is 0.352 e. The molecule has 0 radical (unpaired) electrons. The Morgan fingerprint density at radius 2 is 1.75 bits per heavy atom. The number of carbonyl (C=O) groups is 1. The van der Waals surface area contributed by atoms with Gasteiger partial charge in [-0.3, -0.25) is 4.79 Å². The molecule has 2 aromatic heterocycles. The van der Waals surface area contributed by atoms with E-state index in [0.29, 0.717) is 41.8 Å². The molecule has 2 aromatic carbocycles. The molecule has 0 saturated carbocycles. The Kier molecular flexibility index (Phi) is 7.12. The van der Waals surface area contributed by atoms with E-state index < -0.39 is 0 Å². The number of aryl methyl sites for hydroxylation is 2. The van der Waals surface area contributed by atoms with Crippen molar-refractivity contribution in [2.24, 2.45) is 0 Å². The summed E-state index contributed by atoms with van der Waals surface area (Å²) in [5, 5.41) is 6.68.